The van der Waals surface area contributed by atoms with Gasteiger partial charge in [0.15, 0.2) is 12.4 Å². The minimum absolute atomic E-state index is 0.0332. The molecule has 6 heteroatoms. The molecule has 0 atom stereocenters. The van der Waals surface area contributed by atoms with Gasteiger partial charge in [-0.15, -0.1) is 0 Å². The number of carbonyl (C=O) groups excluding carboxylic acids is 2. The highest BCUT2D eigenvalue weighted by Crippen LogP contribution is 2.17. The Hall–Kier alpha value is -1.95. The summed E-state index contributed by atoms with van der Waals surface area (Å²) < 4.78 is 12.2. The van der Waals surface area contributed by atoms with Crippen LogP contribution in [0.5, 0.6) is 0 Å². The van der Waals surface area contributed by atoms with Crippen LogP contribution in [-0.4, -0.2) is 23.1 Å². The molecule has 0 amide bonds. The number of esters is 2. The maximum Gasteiger partial charge on any atom is 0.403 e. The van der Waals surface area contributed by atoms with E-state index in [-0.39, 0.29) is 10.6 Å². The average Bonchev–Trinajstić information content (AvgIpc) is 2.37. The molecule has 0 N–H and O–H groups in total. The third-order valence-corrected chi connectivity index (χ3v) is 3.01. The third kappa shape index (κ3) is 6.28. The van der Waals surface area contributed by atoms with Gasteiger partial charge in [-0.05, 0) is 58.9 Å². The van der Waals surface area contributed by atoms with Crippen LogP contribution in [0.2, 0.25) is 0 Å². The molecule has 1 heterocycles. The summed E-state index contributed by atoms with van der Waals surface area (Å²) in [5.74, 6) is -1.40. The van der Waals surface area contributed by atoms with Crippen molar-refractivity contribution < 1.29 is 23.6 Å². The number of rotatable bonds is 3. The fourth-order valence-electron chi connectivity index (χ4n) is 1.71. The van der Waals surface area contributed by atoms with Crippen LogP contribution >= 0.6 is 0 Å². The Balaban J connectivity index is 3.36. The van der Waals surface area contributed by atoms with E-state index in [1.54, 1.807) is 53.9 Å². The van der Waals surface area contributed by atoms with Gasteiger partial charge in [0, 0.05) is 12.1 Å². The second kappa shape index (κ2) is 7.30. The molecule has 1 aromatic heterocycles. The molecule has 0 saturated heterocycles. The third-order valence-electron chi connectivity index (χ3n) is 2.65. The normalized spacial score (nSPS) is 13.1. The van der Waals surface area contributed by atoms with E-state index in [0.29, 0.717) is 0 Å². The number of hydrogen-bond acceptors (Lipinski definition) is 5. The largest absolute Gasteiger partial charge is 0.766 e. The predicted molar refractivity (Wildman–Crippen MR) is 93.6 cm³/mol. The van der Waals surface area contributed by atoms with Gasteiger partial charge in [-0.25, -0.2) is 9.59 Å². The number of hydrogen-bond donors (Lipinski definition) is 0. The van der Waals surface area contributed by atoms with Crippen LogP contribution in [0.25, 0.3) is 5.70 Å². The van der Waals surface area contributed by atoms with E-state index >= 15 is 0 Å². The van der Waals surface area contributed by atoms with E-state index in [4.69, 9.17) is 22.1 Å². The lowest BCUT2D eigenvalue weighted by atomic mass is 10.2. The van der Waals surface area contributed by atoms with Crippen molar-refractivity contribution in [1.29, 1.82) is 0 Å². The Morgan fingerprint density at radius 1 is 0.917 bits per heavy atom. The van der Waals surface area contributed by atoms with Gasteiger partial charge in [0.05, 0.1) is 0 Å². The number of aromatic nitrogens is 1. The van der Waals surface area contributed by atoms with Gasteiger partial charge in [-0.2, -0.15) is 4.57 Å². The van der Waals surface area contributed by atoms with Gasteiger partial charge in [0.25, 0.3) is 5.70 Å². The smallest absolute Gasteiger partial charge is 0.403 e. The highest BCUT2D eigenvalue weighted by molar-refractivity contribution is 7.65. The van der Waals surface area contributed by atoms with Gasteiger partial charge < -0.3 is 22.1 Å². The summed E-state index contributed by atoms with van der Waals surface area (Å²) >= 11 is 5.21. The highest BCUT2D eigenvalue weighted by Gasteiger charge is 2.30. The number of nitrogens with zero attached hydrogens (tertiary/aromatic N) is 1. The minimum atomic E-state index is -0.730. The molecular weight excluding hydrogens is 326 g/mol. The van der Waals surface area contributed by atoms with Crippen molar-refractivity contribution in [2.75, 3.05) is 0 Å². The van der Waals surface area contributed by atoms with Gasteiger partial charge in [-0.3, -0.25) is 0 Å². The van der Waals surface area contributed by atoms with Crippen molar-refractivity contribution in [3.8, 4) is 0 Å². The van der Waals surface area contributed by atoms with Gasteiger partial charge in [0.2, 0.25) is 0 Å². The topological polar surface area (TPSA) is 56.5 Å². The molecule has 1 aromatic rings. The molecule has 132 valence electrons. The van der Waals surface area contributed by atoms with Crippen molar-refractivity contribution in [2.24, 2.45) is 0 Å². The van der Waals surface area contributed by atoms with Crippen molar-refractivity contribution >= 4 is 30.3 Å². The molecule has 0 aliphatic heterocycles. The average molecular weight is 351 g/mol. The molecule has 0 fully saturated rings. The van der Waals surface area contributed by atoms with E-state index in [2.05, 4.69) is 0 Å². The Morgan fingerprint density at radius 2 is 1.33 bits per heavy atom. The van der Waals surface area contributed by atoms with E-state index in [9.17, 15) is 9.59 Å². The van der Waals surface area contributed by atoms with Crippen molar-refractivity contribution in [1.82, 2.24) is 0 Å². The van der Waals surface area contributed by atoms with Crippen molar-refractivity contribution in [3.05, 3.63) is 35.0 Å². The molecule has 0 spiro atoms. The molecule has 0 saturated carbocycles. The number of carbonyl (C=O) groups is 2. The molecule has 0 aromatic carbocycles. The summed E-state index contributed by atoms with van der Waals surface area (Å²) in [6, 6.07) is 3.62. The zero-order valence-corrected chi connectivity index (χ0v) is 16.1. The molecule has 0 radical (unpaired) electrons. The van der Waals surface area contributed by atoms with Crippen LogP contribution in [-0.2, 0) is 31.7 Å². The molecule has 24 heavy (non-hydrogen) atoms. The first-order chi connectivity index (χ1) is 10.8. The summed E-state index contributed by atoms with van der Waals surface area (Å²) in [6.07, 6.45) is 3.32. The maximum absolute atomic E-state index is 12.6. The fourth-order valence-corrected chi connectivity index (χ4v) is 1.94. The Labute approximate surface area is 149 Å². The second-order valence-corrected chi connectivity index (χ2v) is 7.87. The summed E-state index contributed by atoms with van der Waals surface area (Å²) in [4.78, 5) is 24.7. The van der Waals surface area contributed by atoms with Gasteiger partial charge in [-0.1, -0.05) is 0 Å². The number of pyridine rings is 1. The Morgan fingerprint density at radius 3 is 1.75 bits per heavy atom. The lowest BCUT2D eigenvalue weighted by Crippen LogP contribution is -2.41. The maximum atomic E-state index is 12.6. The van der Waals surface area contributed by atoms with Gasteiger partial charge >= 0.3 is 11.9 Å². The first-order valence-corrected chi connectivity index (χ1v) is 8.07. The first-order valence-electron chi connectivity index (χ1n) is 7.66. The molecule has 1 rings (SSSR count). The van der Waals surface area contributed by atoms with E-state index in [1.807, 2.05) is 19.1 Å². The van der Waals surface area contributed by atoms with Gasteiger partial charge in [0.1, 0.15) is 11.2 Å². The number of ether oxygens (including phenoxy) is 2. The van der Waals surface area contributed by atoms with Crippen LogP contribution in [0.15, 0.2) is 29.4 Å². The predicted octanol–water partition coefficient (Wildman–Crippen LogP) is 2.68. The fraction of sp³-hybridized carbons (Fsp3) is 0.500. The SMILES string of the molecule is Cc1cc[n+](/C(C(=O)OC(C)(C)C)=C(\[S-])C(=O)OC(C)(C)C)cc1. The van der Waals surface area contributed by atoms with Crippen LogP contribution < -0.4 is 4.57 Å². The number of aryl methyl sites for hydroxylation is 1. The molecule has 0 unspecified atom stereocenters. The van der Waals surface area contributed by atoms with Crippen LogP contribution in [0.1, 0.15) is 47.1 Å². The lowest BCUT2D eigenvalue weighted by molar-refractivity contribution is -0.578. The van der Waals surface area contributed by atoms with Crippen LogP contribution in [0.3, 0.4) is 0 Å². The zero-order valence-electron chi connectivity index (χ0n) is 15.3. The molecule has 0 aliphatic carbocycles. The van der Waals surface area contributed by atoms with E-state index in [0.717, 1.165) is 5.56 Å². The van der Waals surface area contributed by atoms with E-state index in [1.165, 1.54) is 4.57 Å². The van der Waals surface area contributed by atoms with Crippen LogP contribution in [0, 0.1) is 6.92 Å². The minimum Gasteiger partial charge on any atom is -0.766 e. The highest BCUT2D eigenvalue weighted by atomic mass is 32.1. The summed E-state index contributed by atoms with van der Waals surface area (Å²) in [5.41, 5.74) is -0.443. The van der Waals surface area contributed by atoms with E-state index < -0.39 is 23.1 Å². The van der Waals surface area contributed by atoms with Crippen molar-refractivity contribution in [3.63, 3.8) is 0 Å². The molecular formula is C18H25NO4S. The molecule has 5 nitrogen and oxygen atoms in total. The molecule has 0 aliphatic rings. The standard InChI is InChI=1S/C18H25NO4S/c1-12-8-10-19(11-9-12)13(15(20)22-17(2,3)4)14(24)16(21)23-18(5,6)7/h8-11H,1-7H3. The summed E-state index contributed by atoms with van der Waals surface area (Å²) in [7, 11) is 0. The Bertz CT molecular complexity index is 649. The quantitative estimate of drug-likeness (QED) is 0.363. The zero-order chi connectivity index (χ0) is 18.7. The monoisotopic (exact) mass is 351 g/mol. The van der Waals surface area contributed by atoms with Crippen LogP contribution in [0.4, 0.5) is 0 Å². The molecule has 0 bridgehead atoms. The summed E-state index contributed by atoms with van der Waals surface area (Å²) in [5, 5.41) is 0. The first kappa shape index (κ1) is 20.1. The second-order valence-electron chi connectivity index (χ2n) is 7.46. The summed E-state index contributed by atoms with van der Waals surface area (Å²) in [6.45, 7) is 12.4. The van der Waals surface area contributed by atoms with Crippen molar-refractivity contribution in [2.45, 2.75) is 59.7 Å². The lowest BCUT2D eigenvalue weighted by Gasteiger charge is -2.24. The Kier molecular flexibility index (Phi) is 6.11.